The predicted molar refractivity (Wildman–Crippen MR) is 121 cm³/mol. The van der Waals surface area contributed by atoms with E-state index >= 15 is 4.39 Å². The van der Waals surface area contributed by atoms with Crippen molar-refractivity contribution in [1.29, 1.82) is 0 Å². The van der Waals surface area contributed by atoms with Gasteiger partial charge in [0.05, 0.1) is 23.2 Å². The van der Waals surface area contributed by atoms with Gasteiger partial charge in [0.1, 0.15) is 29.8 Å². The summed E-state index contributed by atoms with van der Waals surface area (Å²) in [6, 6.07) is -0.0854. The van der Waals surface area contributed by atoms with Crippen molar-refractivity contribution in [3.8, 4) is 5.75 Å². The highest BCUT2D eigenvalue weighted by molar-refractivity contribution is 6.31. The monoisotopic (exact) mass is 484 g/mol. The quantitative estimate of drug-likeness (QED) is 0.601. The van der Waals surface area contributed by atoms with Gasteiger partial charge < -0.3 is 10.5 Å². The molecule has 0 radical (unpaired) electrons. The maximum absolute atomic E-state index is 15.3. The van der Waals surface area contributed by atoms with Crippen LogP contribution in [0.2, 0.25) is 5.02 Å². The first-order valence-electron chi connectivity index (χ1n) is 11.0. The van der Waals surface area contributed by atoms with Gasteiger partial charge in [-0.15, -0.1) is 0 Å². The Morgan fingerprint density at radius 3 is 2.55 bits per heavy atom. The number of nitrogens with zero attached hydrogens (tertiary/aromatic N) is 4. The Kier molecular flexibility index (Phi) is 6.61. The predicted octanol–water partition coefficient (Wildman–Crippen LogP) is 4.45. The number of fused-ring (bicyclic) bond motifs is 1. The molecule has 1 fully saturated rings. The summed E-state index contributed by atoms with van der Waals surface area (Å²) in [5.41, 5.74) is 9.83. The van der Waals surface area contributed by atoms with Crippen LogP contribution in [0.3, 0.4) is 0 Å². The van der Waals surface area contributed by atoms with Crippen molar-refractivity contribution in [3.05, 3.63) is 39.9 Å². The molecular formula is C22H28ClF3N6O. The molecule has 4 rings (SSSR count). The lowest BCUT2D eigenvalue weighted by molar-refractivity contribution is 0.101. The normalized spacial score (nSPS) is 19.8. The number of hydrogen-bond acceptors (Lipinski definition) is 7. The van der Waals surface area contributed by atoms with Crippen LogP contribution in [-0.4, -0.2) is 47.0 Å². The number of aromatic nitrogens is 2. The molecule has 1 aromatic heterocycles. The summed E-state index contributed by atoms with van der Waals surface area (Å²) in [5.74, 6) is 0.0460. The molecule has 33 heavy (non-hydrogen) atoms. The molecule has 0 spiro atoms. The SMILES string of the molecule is CCOc1c(C(C)N2NC(C(F)F)c3c(N)ncnc32)cc(Cl)c(F)c1C1CN(C(C)C)C1. The number of ether oxygens (including phenoxy) is 1. The summed E-state index contributed by atoms with van der Waals surface area (Å²) in [6.45, 7) is 9.47. The summed E-state index contributed by atoms with van der Waals surface area (Å²) in [5, 5.41) is 1.46. The fraction of sp³-hybridized carbons (Fsp3) is 0.545. The van der Waals surface area contributed by atoms with Crippen LogP contribution in [0.15, 0.2) is 12.4 Å². The van der Waals surface area contributed by atoms with Crippen molar-refractivity contribution in [2.75, 3.05) is 30.4 Å². The van der Waals surface area contributed by atoms with E-state index in [4.69, 9.17) is 22.1 Å². The van der Waals surface area contributed by atoms with Crippen molar-refractivity contribution < 1.29 is 17.9 Å². The molecule has 0 bridgehead atoms. The van der Waals surface area contributed by atoms with Gasteiger partial charge in [-0.25, -0.2) is 28.6 Å². The molecule has 1 saturated heterocycles. The van der Waals surface area contributed by atoms with Gasteiger partial charge in [0, 0.05) is 36.2 Å². The minimum Gasteiger partial charge on any atom is -0.493 e. The number of nitrogens with one attached hydrogen (secondary N) is 1. The average molecular weight is 485 g/mol. The number of halogens is 4. The lowest BCUT2D eigenvalue weighted by atomic mass is 9.87. The number of likely N-dealkylation sites (tertiary alicyclic amines) is 1. The van der Waals surface area contributed by atoms with Crippen molar-refractivity contribution in [2.45, 2.75) is 58.2 Å². The third-order valence-electron chi connectivity index (χ3n) is 6.37. The minimum absolute atomic E-state index is 0.0152. The lowest BCUT2D eigenvalue weighted by Crippen LogP contribution is -2.49. The zero-order valence-electron chi connectivity index (χ0n) is 18.9. The Morgan fingerprint density at radius 2 is 1.94 bits per heavy atom. The molecule has 0 amide bonds. The first-order valence-corrected chi connectivity index (χ1v) is 11.4. The standard InChI is InChI=1S/C22H28ClF3N6O/c1-5-33-19-13(6-14(23)17(24)15(19)12-7-31(8-12)10(2)3)11(4)32-22-16(18(30-32)20(25)26)21(27)28-9-29-22/h6,9-12,18,20,30H,5,7-8H2,1-4H3,(H2,27,28,29). The Balaban J connectivity index is 1.77. The molecule has 0 saturated carbocycles. The van der Waals surface area contributed by atoms with Gasteiger partial charge >= 0.3 is 0 Å². The topological polar surface area (TPSA) is 79.5 Å². The molecule has 2 unspecified atom stereocenters. The second kappa shape index (κ2) is 9.15. The highest BCUT2D eigenvalue weighted by Gasteiger charge is 2.42. The van der Waals surface area contributed by atoms with Gasteiger partial charge in [0.15, 0.2) is 5.82 Å². The number of rotatable bonds is 7. The van der Waals surface area contributed by atoms with Crippen molar-refractivity contribution >= 4 is 23.2 Å². The molecule has 0 aliphatic carbocycles. The summed E-state index contributed by atoms with van der Waals surface area (Å²) < 4.78 is 48.8. The number of hydrogen-bond donors (Lipinski definition) is 2. The second-order valence-electron chi connectivity index (χ2n) is 8.67. The van der Waals surface area contributed by atoms with E-state index in [1.54, 1.807) is 6.92 Å². The third-order valence-corrected chi connectivity index (χ3v) is 6.65. The van der Waals surface area contributed by atoms with Gasteiger partial charge in [-0.1, -0.05) is 11.6 Å². The molecule has 2 aromatic rings. The van der Waals surface area contributed by atoms with Crippen LogP contribution in [-0.2, 0) is 0 Å². The van der Waals surface area contributed by atoms with Gasteiger partial charge in [0.2, 0.25) is 0 Å². The minimum atomic E-state index is -2.73. The Morgan fingerprint density at radius 1 is 1.24 bits per heavy atom. The number of anilines is 2. The van der Waals surface area contributed by atoms with E-state index in [1.165, 1.54) is 17.4 Å². The van der Waals surface area contributed by atoms with Crippen LogP contribution in [0.25, 0.3) is 0 Å². The van der Waals surface area contributed by atoms with Crippen molar-refractivity contribution in [3.63, 3.8) is 0 Å². The molecule has 2 aliphatic heterocycles. The van der Waals surface area contributed by atoms with Gasteiger partial charge in [0.25, 0.3) is 6.43 Å². The average Bonchev–Trinajstić information content (AvgIpc) is 3.12. The molecule has 180 valence electrons. The molecular weight excluding hydrogens is 457 g/mol. The summed E-state index contributed by atoms with van der Waals surface area (Å²) >= 11 is 6.32. The first-order chi connectivity index (χ1) is 15.6. The molecule has 11 heteroatoms. The fourth-order valence-corrected chi connectivity index (χ4v) is 4.75. The Labute approximate surface area is 196 Å². The molecule has 2 atom stereocenters. The second-order valence-corrected chi connectivity index (χ2v) is 9.07. The molecule has 2 aliphatic rings. The van der Waals surface area contributed by atoms with E-state index in [0.29, 0.717) is 42.6 Å². The van der Waals surface area contributed by atoms with Crippen LogP contribution in [0.1, 0.15) is 62.4 Å². The number of nitrogen functional groups attached to an aromatic ring is 1. The van der Waals surface area contributed by atoms with Crippen LogP contribution in [0.4, 0.5) is 24.8 Å². The first kappa shape index (κ1) is 23.8. The zero-order chi connectivity index (χ0) is 24.0. The molecule has 7 nitrogen and oxygen atoms in total. The maximum atomic E-state index is 15.3. The fourth-order valence-electron chi connectivity index (χ4n) is 4.53. The van der Waals surface area contributed by atoms with Gasteiger partial charge in [-0.05, 0) is 33.8 Å². The maximum Gasteiger partial charge on any atom is 0.259 e. The Hall–Kier alpha value is -2.30. The number of benzene rings is 1. The highest BCUT2D eigenvalue weighted by Crippen LogP contribution is 2.47. The number of hydrazine groups is 1. The molecule has 3 heterocycles. The van der Waals surface area contributed by atoms with Crippen LogP contribution in [0, 0.1) is 5.82 Å². The Bertz CT molecular complexity index is 1030. The van der Waals surface area contributed by atoms with Gasteiger partial charge in [-0.3, -0.25) is 9.91 Å². The van der Waals surface area contributed by atoms with Gasteiger partial charge in [-0.2, -0.15) is 0 Å². The van der Waals surface area contributed by atoms with E-state index in [1.807, 2.05) is 6.92 Å². The third kappa shape index (κ3) is 4.08. The van der Waals surface area contributed by atoms with Crippen molar-refractivity contribution in [1.82, 2.24) is 20.3 Å². The van der Waals surface area contributed by atoms with E-state index in [-0.39, 0.29) is 28.1 Å². The molecule has 3 N–H and O–H groups in total. The smallest absolute Gasteiger partial charge is 0.259 e. The van der Waals surface area contributed by atoms with E-state index in [2.05, 4.69) is 34.1 Å². The highest BCUT2D eigenvalue weighted by atomic mass is 35.5. The lowest BCUT2D eigenvalue weighted by Gasteiger charge is -2.43. The van der Waals surface area contributed by atoms with Crippen LogP contribution in [0.5, 0.6) is 5.75 Å². The molecule has 1 aromatic carbocycles. The number of alkyl halides is 2. The summed E-state index contributed by atoms with van der Waals surface area (Å²) in [6.07, 6.45) is -1.50. The number of nitrogens with two attached hydrogens (primary N) is 1. The zero-order valence-corrected chi connectivity index (χ0v) is 19.7. The van der Waals surface area contributed by atoms with Crippen LogP contribution < -0.4 is 20.9 Å². The van der Waals surface area contributed by atoms with Crippen molar-refractivity contribution in [2.24, 2.45) is 0 Å². The summed E-state index contributed by atoms with van der Waals surface area (Å²) in [7, 11) is 0. The van der Waals surface area contributed by atoms with E-state index in [9.17, 15) is 8.78 Å². The largest absolute Gasteiger partial charge is 0.493 e. The van der Waals surface area contributed by atoms with Crippen LogP contribution >= 0.6 is 11.6 Å². The van der Waals surface area contributed by atoms with E-state index < -0.39 is 24.3 Å². The van der Waals surface area contributed by atoms with E-state index in [0.717, 1.165) is 0 Å². The summed E-state index contributed by atoms with van der Waals surface area (Å²) in [4.78, 5) is 10.3.